The van der Waals surface area contributed by atoms with Gasteiger partial charge in [-0.2, -0.15) is 0 Å². The van der Waals surface area contributed by atoms with Gasteiger partial charge in [0.15, 0.2) is 0 Å². The van der Waals surface area contributed by atoms with Crippen LogP contribution in [0.25, 0.3) is 0 Å². The highest BCUT2D eigenvalue weighted by Gasteiger charge is 2.23. The predicted octanol–water partition coefficient (Wildman–Crippen LogP) is 2.19. The number of rotatable bonds is 3. The highest BCUT2D eigenvalue weighted by molar-refractivity contribution is 8.93. The van der Waals surface area contributed by atoms with Crippen molar-refractivity contribution in [3.8, 4) is 0 Å². The summed E-state index contributed by atoms with van der Waals surface area (Å²) >= 11 is 0. The van der Waals surface area contributed by atoms with Crippen molar-refractivity contribution in [3.63, 3.8) is 0 Å². The van der Waals surface area contributed by atoms with Crippen LogP contribution in [-0.2, 0) is 4.79 Å². The fourth-order valence-electron chi connectivity index (χ4n) is 2.05. The van der Waals surface area contributed by atoms with Gasteiger partial charge in [-0.3, -0.25) is 4.79 Å². The molecular formula is C13H19BrN2O. The summed E-state index contributed by atoms with van der Waals surface area (Å²) in [6, 6.07) is 10.1. The van der Waals surface area contributed by atoms with Gasteiger partial charge in [0, 0.05) is 0 Å². The molecule has 3 nitrogen and oxygen atoms in total. The van der Waals surface area contributed by atoms with Gasteiger partial charge < -0.3 is 10.6 Å². The molecule has 1 aliphatic heterocycles. The standard InChI is InChI=1S/C13H18N2O.BrH/c1-10(11-6-3-2-4-7-11)15-13(16)12-8-5-9-14-12;/h2-4,6-7,10,12,14H,5,8-9H2,1H3,(H,15,16);1H/t10-,12+;/m1./s1. The van der Waals surface area contributed by atoms with Crippen LogP contribution in [0.15, 0.2) is 30.3 Å². The van der Waals surface area contributed by atoms with E-state index < -0.39 is 0 Å². The zero-order valence-corrected chi connectivity index (χ0v) is 11.7. The number of carbonyl (C=O) groups excluding carboxylic acids is 1. The van der Waals surface area contributed by atoms with Gasteiger partial charge in [-0.25, -0.2) is 0 Å². The Bertz CT molecular complexity index is 350. The smallest absolute Gasteiger partial charge is 0.237 e. The SMILES string of the molecule is Br.C[C@@H](NC(=O)[C@@H]1CCCN1)c1ccccc1. The first-order chi connectivity index (χ1) is 7.77. The molecule has 0 radical (unpaired) electrons. The average Bonchev–Trinajstić information content (AvgIpc) is 2.83. The van der Waals surface area contributed by atoms with Crippen LogP contribution in [0.3, 0.4) is 0 Å². The van der Waals surface area contributed by atoms with Crippen LogP contribution in [0.2, 0.25) is 0 Å². The summed E-state index contributed by atoms with van der Waals surface area (Å²) in [6.45, 7) is 2.97. The molecule has 4 heteroatoms. The molecule has 94 valence electrons. The largest absolute Gasteiger partial charge is 0.348 e. The Morgan fingerprint density at radius 1 is 1.41 bits per heavy atom. The van der Waals surface area contributed by atoms with E-state index in [1.54, 1.807) is 0 Å². The number of hydrogen-bond acceptors (Lipinski definition) is 2. The quantitative estimate of drug-likeness (QED) is 0.898. The molecule has 1 amide bonds. The van der Waals surface area contributed by atoms with Crippen LogP contribution in [0.4, 0.5) is 0 Å². The second-order valence-corrected chi connectivity index (χ2v) is 4.29. The first-order valence-corrected chi connectivity index (χ1v) is 5.86. The van der Waals surface area contributed by atoms with E-state index in [2.05, 4.69) is 10.6 Å². The summed E-state index contributed by atoms with van der Waals surface area (Å²) in [6.07, 6.45) is 2.05. The van der Waals surface area contributed by atoms with Gasteiger partial charge in [0.1, 0.15) is 0 Å². The lowest BCUT2D eigenvalue weighted by molar-refractivity contribution is -0.123. The van der Waals surface area contributed by atoms with E-state index in [0.29, 0.717) is 0 Å². The van der Waals surface area contributed by atoms with Gasteiger partial charge in [0.05, 0.1) is 12.1 Å². The number of benzene rings is 1. The Morgan fingerprint density at radius 2 is 2.12 bits per heavy atom. The van der Waals surface area contributed by atoms with Gasteiger partial charge in [0.25, 0.3) is 0 Å². The molecule has 2 N–H and O–H groups in total. The highest BCUT2D eigenvalue weighted by Crippen LogP contribution is 2.12. The van der Waals surface area contributed by atoms with Crippen molar-refractivity contribution in [3.05, 3.63) is 35.9 Å². The third kappa shape index (κ3) is 3.82. The number of halogens is 1. The van der Waals surface area contributed by atoms with E-state index in [0.717, 1.165) is 24.9 Å². The molecule has 1 aromatic rings. The maximum Gasteiger partial charge on any atom is 0.237 e. The first kappa shape index (κ1) is 14.2. The van der Waals surface area contributed by atoms with E-state index in [-0.39, 0.29) is 35.0 Å². The molecule has 1 saturated heterocycles. The summed E-state index contributed by atoms with van der Waals surface area (Å²) < 4.78 is 0. The van der Waals surface area contributed by atoms with Crippen molar-refractivity contribution in [2.45, 2.75) is 31.8 Å². The van der Waals surface area contributed by atoms with Crippen molar-refractivity contribution in [1.29, 1.82) is 0 Å². The van der Waals surface area contributed by atoms with Crippen LogP contribution in [0.1, 0.15) is 31.4 Å². The second kappa shape index (κ2) is 6.77. The molecule has 0 aromatic heterocycles. The number of carbonyl (C=O) groups is 1. The van der Waals surface area contributed by atoms with E-state index in [4.69, 9.17) is 0 Å². The minimum atomic E-state index is 0. The Hall–Kier alpha value is -0.870. The van der Waals surface area contributed by atoms with Gasteiger partial charge in [-0.05, 0) is 31.9 Å². The lowest BCUT2D eigenvalue weighted by Gasteiger charge is -2.17. The highest BCUT2D eigenvalue weighted by atomic mass is 79.9. The molecule has 1 heterocycles. The van der Waals surface area contributed by atoms with Gasteiger partial charge >= 0.3 is 0 Å². The zero-order valence-electron chi connectivity index (χ0n) is 9.98. The molecule has 2 atom stereocenters. The van der Waals surface area contributed by atoms with Crippen LogP contribution < -0.4 is 10.6 Å². The molecule has 0 bridgehead atoms. The van der Waals surface area contributed by atoms with Gasteiger partial charge in [-0.1, -0.05) is 30.3 Å². The van der Waals surface area contributed by atoms with Crippen LogP contribution in [0.5, 0.6) is 0 Å². The maximum atomic E-state index is 11.9. The minimum Gasteiger partial charge on any atom is -0.348 e. The van der Waals surface area contributed by atoms with Crippen LogP contribution >= 0.6 is 17.0 Å². The number of nitrogens with one attached hydrogen (secondary N) is 2. The third-order valence-corrected chi connectivity index (χ3v) is 3.04. The summed E-state index contributed by atoms with van der Waals surface area (Å²) in [5.74, 6) is 0.119. The summed E-state index contributed by atoms with van der Waals surface area (Å²) in [5, 5.41) is 6.24. The van der Waals surface area contributed by atoms with E-state index >= 15 is 0 Å². The normalized spacial score (nSPS) is 20.4. The second-order valence-electron chi connectivity index (χ2n) is 4.29. The van der Waals surface area contributed by atoms with E-state index in [1.165, 1.54) is 0 Å². The fourth-order valence-corrected chi connectivity index (χ4v) is 2.05. The van der Waals surface area contributed by atoms with Crippen LogP contribution in [-0.4, -0.2) is 18.5 Å². The molecule has 2 rings (SSSR count). The van der Waals surface area contributed by atoms with E-state index in [9.17, 15) is 4.79 Å². The molecule has 1 fully saturated rings. The van der Waals surface area contributed by atoms with Crippen molar-refractivity contribution in [2.24, 2.45) is 0 Å². The molecule has 1 aromatic carbocycles. The molecular weight excluding hydrogens is 280 g/mol. The fraction of sp³-hybridized carbons (Fsp3) is 0.462. The number of amides is 1. The molecule has 17 heavy (non-hydrogen) atoms. The Morgan fingerprint density at radius 3 is 2.71 bits per heavy atom. The predicted molar refractivity (Wildman–Crippen MR) is 74.3 cm³/mol. The molecule has 0 saturated carbocycles. The first-order valence-electron chi connectivity index (χ1n) is 5.86. The monoisotopic (exact) mass is 298 g/mol. The summed E-state index contributed by atoms with van der Waals surface area (Å²) in [7, 11) is 0. The zero-order chi connectivity index (χ0) is 11.4. The molecule has 0 aliphatic carbocycles. The van der Waals surface area contributed by atoms with Crippen molar-refractivity contribution in [1.82, 2.24) is 10.6 Å². The Balaban J connectivity index is 0.00000144. The molecule has 0 unspecified atom stereocenters. The average molecular weight is 299 g/mol. The topological polar surface area (TPSA) is 41.1 Å². The number of hydrogen-bond donors (Lipinski definition) is 2. The third-order valence-electron chi connectivity index (χ3n) is 3.04. The molecule has 0 spiro atoms. The minimum absolute atomic E-state index is 0. The lowest BCUT2D eigenvalue weighted by Crippen LogP contribution is -2.41. The Labute approximate surface area is 113 Å². The lowest BCUT2D eigenvalue weighted by atomic mass is 10.1. The maximum absolute atomic E-state index is 11.9. The van der Waals surface area contributed by atoms with E-state index in [1.807, 2.05) is 37.3 Å². The van der Waals surface area contributed by atoms with Crippen molar-refractivity contribution in [2.75, 3.05) is 6.54 Å². The molecule has 1 aliphatic rings. The van der Waals surface area contributed by atoms with Crippen molar-refractivity contribution < 1.29 is 4.79 Å². The van der Waals surface area contributed by atoms with Gasteiger partial charge in [0.2, 0.25) is 5.91 Å². The Kier molecular flexibility index (Phi) is 5.65. The van der Waals surface area contributed by atoms with Crippen molar-refractivity contribution >= 4 is 22.9 Å². The summed E-state index contributed by atoms with van der Waals surface area (Å²) in [4.78, 5) is 11.9. The van der Waals surface area contributed by atoms with Gasteiger partial charge in [-0.15, -0.1) is 17.0 Å². The van der Waals surface area contributed by atoms with Crippen LogP contribution in [0, 0.1) is 0 Å². The summed E-state index contributed by atoms with van der Waals surface area (Å²) in [5.41, 5.74) is 1.15.